The first-order chi connectivity index (χ1) is 9.82. The average Bonchev–Trinajstić information content (AvgIpc) is 2.42. The predicted molar refractivity (Wildman–Crippen MR) is 71.2 cm³/mol. The fraction of sp³-hybridized carbons (Fsp3) is 0.417. The van der Waals surface area contributed by atoms with E-state index in [1.54, 1.807) is 0 Å². The standard InChI is InChI=1S/C12H16FNO6S/c1-19-6-5-14(8-12(15)16)21(17,18)9-3-4-11(20-2)10(13)7-9/h3-4,7H,5-6,8H2,1-2H3,(H,15,16). The van der Waals surface area contributed by atoms with Crippen LogP contribution < -0.4 is 4.74 Å². The first kappa shape index (κ1) is 17.3. The third kappa shape index (κ3) is 4.38. The molecule has 1 N–H and O–H groups in total. The number of carboxylic acid groups (broad SMARTS) is 1. The molecule has 0 radical (unpaired) electrons. The molecule has 0 saturated heterocycles. The minimum atomic E-state index is -4.14. The number of ether oxygens (including phenoxy) is 2. The number of benzene rings is 1. The predicted octanol–water partition coefficient (Wildman–Crippen LogP) is 0.556. The quantitative estimate of drug-likeness (QED) is 0.752. The van der Waals surface area contributed by atoms with Gasteiger partial charge in [0.25, 0.3) is 0 Å². The van der Waals surface area contributed by atoms with Crippen molar-refractivity contribution in [3.8, 4) is 5.75 Å². The molecule has 1 aromatic carbocycles. The second-order valence-corrected chi connectivity index (χ2v) is 5.96. The number of methoxy groups -OCH3 is 2. The van der Waals surface area contributed by atoms with Gasteiger partial charge in [-0.15, -0.1) is 0 Å². The van der Waals surface area contributed by atoms with Gasteiger partial charge in [-0.25, -0.2) is 12.8 Å². The first-order valence-corrected chi connectivity index (χ1v) is 7.31. The molecule has 0 saturated carbocycles. The van der Waals surface area contributed by atoms with Crippen molar-refractivity contribution in [3.63, 3.8) is 0 Å². The summed E-state index contributed by atoms with van der Waals surface area (Å²) in [6.45, 7) is -0.872. The molecule has 0 fully saturated rings. The molecule has 1 aromatic rings. The number of rotatable bonds is 8. The number of aliphatic carboxylic acids is 1. The minimum Gasteiger partial charge on any atom is -0.494 e. The molecule has 21 heavy (non-hydrogen) atoms. The summed E-state index contributed by atoms with van der Waals surface area (Å²) < 4.78 is 48.4. The van der Waals surface area contributed by atoms with Crippen LogP contribution in [0.2, 0.25) is 0 Å². The average molecular weight is 321 g/mol. The summed E-state index contributed by atoms with van der Waals surface area (Å²) >= 11 is 0. The molecule has 0 unspecified atom stereocenters. The number of carboxylic acids is 1. The summed E-state index contributed by atoms with van der Waals surface area (Å²) in [4.78, 5) is 10.4. The van der Waals surface area contributed by atoms with Gasteiger partial charge < -0.3 is 14.6 Å². The van der Waals surface area contributed by atoms with Crippen molar-refractivity contribution in [2.75, 3.05) is 33.9 Å². The summed E-state index contributed by atoms with van der Waals surface area (Å²) in [5, 5.41) is 8.79. The fourth-order valence-electron chi connectivity index (χ4n) is 1.58. The van der Waals surface area contributed by atoms with Crippen molar-refractivity contribution >= 4 is 16.0 Å². The highest BCUT2D eigenvalue weighted by Crippen LogP contribution is 2.23. The largest absolute Gasteiger partial charge is 0.494 e. The van der Waals surface area contributed by atoms with Gasteiger partial charge in [0, 0.05) is 13.7 Å². The maximum absolute atomic E-state index is 13.6. The molecule has 0 aliphatic heterocycles. The van der Waals surface area contributed by atoms with Crippen molar-refractivity contribution in [1.82, 2.24) is 4.31 Å². The highest BCUT2D eigenvalue weighted by Gasteiger charge is 2.27. The molecular weight excluding hydrogens is 305 g/mol. The molecule has 0 aliphatic carbocycles. The van der Waals surface area contributed by atoms with Crippen LogP contribution in [-0.2, 0) is 19.6 Å². The Hall–Kier alpha value is -1.71. The number of nitrogens with zero attached hydrogens (tertiary/aromatic N) is 1. The molecule has 7 nitrogen and oxygen atoms in total. The van der Waals surface area contributed by atoms with Crippen molar-refractivity contribution in [2.24, 2.45) is 0 Å². The van der Waals surface area contributed by atoms with E-state index in [-0.39, 0.29) is 23.8 Å². The molecule has 1 rings (SSSR count). The van der Waals surface area contributed by atoms with E-state index >= 15 is 0 Å². The molecule has 0 atom stereocenters. The lowest BCUT2D eigenvalue weighted by molar-refractivity contribution is -0.137. The maximum Gasteiger partial charge on any atom is 0.318 e. The van der Waals surface area contributed by atoms with Crippen LogP contribution >= 0.6 is 0 Å². The van der Waals surface area contributed by atoms with E-state index in [1.165, 1.54) is 14.2 Å². The van der Waals surface area contributed by atoms with E-state index in [9.17, 15) is 17.6 Å². The zero-order chi connectivity index (χ0) is 16.0. The number of sulfonamides is 1. The molecule has 0 heterocycles. The van der Waals surface area contributed by atoms with Gasteiger partial charge in [-0.2, -0.15) is 4.31 Å². The van der Waals surface area contributed by atoms with E-state index in [4.69, 9.17) is 14.6 Å². The van der Waals surface area contributed by atoms with Crippen molar-refractivity contribution < 1.29 is 32.2 Å². The van der Waals surface area contributed by atoms with E-state index in [0.717, 1.165) is 18.2 Å². The molecule has 0 aliphatic rings. The monoisotopic (exact) mass is 321 g/mol. The van der Waals surface area contributed by atoms with Gasteiger partial charge in [-0.3, -0.25) is 4.79 Å². The van der Waals surface area contributed by atoms with Gasteiger partial charge in [0.2, 0.25) is 10.0 Å². The molecule has 0 amide bonds. The number of halogens is 1. The van der Waals surface area contributed by atoms with Crippen LogP contribution in [-0.4, -0.2) is 57.7 Å². The minimum absolute atomic E-state index is 0.0190. The summed E-state index contributed by atoms with van der Waals surface area (Å²) in [6.07, 6.45) is 0. The van der Waals surface area contributed by atoms with E-state index < -0.39 is 28.4 Å². The van der Waals surface area contributed by atoms with Crippen LogP contribution in [0.4, 0.5) is 4.39 Å². The fourth-order valence-corrected chi connectivity index (χ4v) is 2.97. The highest BCUT2D eigenvalue weighted by molar-refractivity contribution is 7.89. The third-order valence-electron chi connectivity index (χ3n) is 2.62. The van der Waals surface area contributed by atoms with Gasteiger partial charge in [-0.1, -0.05) is 0 Å². The molecule has 0 spiro atoms. The van der Waals surface area contributed by atoms with Crippen LogP contribution in [0.1, 0.15) is 0 Å². The van der Waals surface area contributed by atoms with Crippen LogP contribution in [0.15, 0.2) is 23.1 Å². The third-order valence-corrected chi connectivity index (χ3v) is 4.46. The van der Waals surface area contributed by atoms with Crippen LogP contribution in [0.25, 0.3) is 0 Å². The molecule has 0 aromatic heterocycles. The Kier molecular flexibility index (Phi) is 6.06. The molecular formula is C12H16FNO6S. The second-order valence-electron chi connectivity index (χ2n) is 4.02. The molecule has 0 bridgehead atoms. The van der Waals surface area contributed by atoms with Gasteiger partial charge in [-0.05, 0) is 18.2 Å². The Morgan fingerprint density at radius 2 is 2.05 bits per heavy atom. The number of hydrogen-bond acceptors (Lipinski definition) is 5. The summed E-state index contributed by atoms with van der Waals surface area (Å²) in [7, 11) is -1.53. The second kappa shape index (κ2) is 7.34. The highest BCUT2D eigenvalue weighted by atomic mass is 32.2. The Labute approximate surface area is 121 Å². The zero-order valence-electron chi connectivity index (χ0n) is 11.6. The summed E-state index contributed by atoms with van der Waals surface area (Å²) in [6, 6.07) is 3.10. The van der Waals surface area contributed by atoms with Crippen molar-refractivity contribution in [2.45, 2.75) is 4.90 Å². The Morgan fingerprint density at radius 3 is 2.52 bits per heavy atom. The van der Waals surface area contributed by atoms with Gasteiger partial charge in [0.15, 0.2) is 11.6 Å². The Balaban J connectivity index is 3.15. The lowest BCUT2D eigenvalue weighted by atomic mass is 10.3. The van der Waals surface area contributed by atoms with Crippen molar-refractivity contribution in [1.29, 1.82) is 0 Å². The topological polar surface area (TPSA) is 93.1 Å². The maximum atomic E-state index is 13.6. The van der Waals surface area contributed by atoms with Crippen LogP contribution in [0.5, 0.6) is 5.75 Å². The Bertz CT molecular complexity index is 604. The summed E-state index contributed by atoms with van der Waals surface area (Å²) in [5.74, 6) is -2.26. The van der Waals surface area contributed by atoms with Crippen LogP contribution in [0, 0.1) is 5.82 Å². The molecule has 9 heteroatoms. The smallest absolute Gasteiger partial charge is 0.318 e. The first-order valence-electron chi connectivity index (χ1n) is 5.87. The van der Waals surface area contributed by atoms with E-state index in [0.29, 0.717) is 4.31 Å². The van der Waals surface area contributed by atoms with Crippen molar-refractivity contribution in [3.05, 3.63) is 24.0 Å². The molecule has 118 valence electrons. The Morgan fingerprint density at radius 1 is 1.38 bits per heavy atom. The van der Waals surface area contributed by atoms with Gasteiger partial charge in [0.1, 0.15) is 6.54 Å². The number of hydrogen-bond donors (Lipinski definition) is 1. The number of carbonyl (C=O) groups is 1. The zero-order valence-corrected chi connectivity index (χ0v) is 12.4. The van der Waals surface area contributed by atoms with Crippen LogP contribution in [0.3, 0.4) is 0 Å². The van der Waals surface area contributed by atoms with E-state index in [1.807, 2.05) is 0 Å². The van der Waals surface area contributed by atoms with E-state index in [2.05, 4.69) is 0 Å². The van der Waals surface area contributed by atoms with Gasteiger partial charge in [0.05, 0.1) is 18.6 Å². The lowest BCUT2D eigenvalue weighted by Gasteiger charge is -2.20. The normalized spacial score (nSPS) is 11.6. The van der Waals surface area contributed by atoms with Gasteiger partial charge >= 0.3 is 5.97 Å². The lowest BCUT2D eigenvalue weighted by Crippen LogP contribution is -2.38. The SMILES string of the molecule is COCCN(CC(=O)O)S(=O)(=O)c1ccc(OC)c(F)c1. The summed E-state index contributed by atoms with van der Waals surface area (Å²) in [5.41, 5.74) is 0.